The van der Waals surface area contributed by atoms with Crippen molar-refractivity contribution in [3.05, 3.63) is 27.2 Å². The van der Waals surface area contributed by atoms with Crippen molar-refractivity contribution in [2.24, 2.45) is 5.41 Å². The van der Waals surface area contributed by atoms with Crippen LogP contribution in [0.4, 0.5) is 0 Å². The standard InChI is InChI=1S/C13H19BrClNO/c1-13(2,3)12(16-4)9-6-8(15)7-10(14)11(9)17-5/h6-7,12,16H,1-5H3. The molecule has 0 saturated carbocycles. The lowest BCUT2D eigenvalue weighted by atomic mass is 9.82. The highest BCUT2D eigenvalue weighted by atomic mass is 79.9. The second-order valence-electron chi connectivity index (χ2n) is 5.10. The van der Waals surface area contributed by atoms with E-state index in [9.17, 15) is 0 Å². The van der Waals surface area contributed by atoms with E-state index in [-0.39, 0.29) is 11.5 Å². The topological polar surface area (TPSA) is 21.3 Å². The number of ether oxygens (including phenoxy) is 1. The van der Waals surface area contributed by atoms with Crippen molar-refractivity contribution in [2.45, 2.75) is 26.8 Å². The van der Waals surface area contributed by atoms with E-state index in [1.807, 2.05) is 19.2 Å². The third kappa shape index (κ3) is 3.36. The van der Waals surface area contributed by atoms with Crippen molar-refractivity contribution in [1.29, 1.82) is 0 Å². The van der Waals surface area contributed by atoms with Crippen LogP contribution in [-0.2, 0) is 0 Å². The Morgan fingerprint density at radius 3 is 2.35 bits per heavy atom. The molecule has 0 aliphatic heterocycles. The molecule has 96 valence electrons. The predicted molar refractivity (Wildman–Crippen MR) is 77.0 cm³/mol. The van der Waals surface area contributed by atoms with E-state index in [1.54, 1.807) is 7.11 Å². The summed E-state index contributed by atoms with van der Waals surface area (Å²) in [6, 6.07) is 3.98. The quantitative estimate of drug-likeness (QED) is 0.890. The maximum absolute atomic E-state index is 6.12. The Bertz CT molecular complexity index is 401. The molecule has 0 aliphatic carbocycles. The summed E-state index contributed by atoms with van der Waals surface area (Å²) in [6.07, 6.45) is 0. The molecule has 0 heterocycles. The Kier molecular flexibility index (Phi) is 4.87. The van der Waals surface area contributed by atoms with Gasteiger partial charge < -0.3 is 10.1 Å². The molecule has 17 heavy (non-hydrogen) atoms. The number of benzene rings is 1. The Labute approximate surface area is 117 Å². The van der Waals surface area contributed by atoms with Crippen LogP contribution in [0.1, 0.15) is 32.4 Å². The number of nitrogens with one attached hydrogen (secondary N) is 1. The van der Waals surface area contributed by atoms with E-state index < -0.39 is 0 Å². The number of methoxy groups -OCH3 is 1. The number of hydrogen-bond acceptors (Lipinski definition) is 2. The molecule has 0 aliphatic rings. The molecule has 0 spiro atoms. The Morgan fingerprint density at radius 2 is 1.94 bits per heavy atom. The third-order valence-electron chi connectivity index (χ3n) is 2.71. The molecule has 2 nitrogen and oxygen atoms in total. The lowest BCUT2D eigenvalue weighted by Gasteiger charge is -2.32. The third-order valence-corrected chi connectivity index (χ3v) is 3.51. The SMILES string of the molecule is CNC(c1cc(Cl)cc(Br)c1OC)C(C)(C)C. The first kappa shape index (κ1) is 14.8. The van der Waals surface area contributed by atoms with Gasteiger partial charge in [0.05, 0.1) is 11.6 Å². The van der Waals surface area contributed by atoms with Crippen molar-refractivity contribution < 1.29 is 4.74 Å². The Balaban J connectivity index is 3.37. The van der Waals surface area contributed by atoms with Crippen LogP contribution in [-0.4, -0.2) is 14.2 Å². The van der Waals surface area contributed by atoms with Crippen LogP contribution in [0.5, 0.6) is 5.75 Å². The monoisotopic (exact) mass is 319 g/mol. The molecular formula is C13H19BrClNO. The van der Waals surface area contributed by atoms with Crippen molar-refractivity contribution in [2.75, 3.05) is 14.2 Å². The largest absolute Gasteiger partial charge is 0.495 e. The van der Waals surface area contributed by atoms with Crippen LogP contribution in [0.2, 0.25) is 5.02 Å². The molecular weight excluding hydrogens is 302 g/mol. The maximum atomic E-state index is 6.12. The molecule has 1 unspecified atom stereocenters. The maximum Gasteiger partial charge on any atom is 0.137 e. The summed E-state index contributed by atoms with van der Waals surface area (Å²) in [5, 5.41) is 4.03. The average Bonchev–Trinajstić information content (AvgIpc) is 2.15. The van der Waals surface area contributed by atoms with Gasteiger partial charge >= 0.3 is 0 Å². The predicted octanol–water partition coefficient (Wildman–Crippen LogP) is 4.42. The molecule has 0 amide bonds. The normalized spacial score (nSPS) is 13.6. The molecule has 1 aromatic carbocycles. The van der Waals surface area contributed by atoms with E-state index in [4.69, 9.17) is 16.3 Å². The summed E-state index contributed by atoms with van der Waals surface area (Å²) in [5.41, 5.74) is 1.15. The van der Waals surface area contributed by atoms with Crippen LogP contribution in [0.3, 0.4) is 0 Å². The van der Waals surface area contributed by atoms with Gasteiger partial charge in [-0.1, -0.05) is 32.4 Å². The molecule has 0 aromatic heterocycles. The van der Waals surface area contributed by atoms with Gasteiger partial charge in [-0.15, -0.1) is 0 Å². The lowest BCUT2D eigenvalue weighted by molar-refractivity contribution is 0.277. The van der Waals surface area contributed by atoms with Crippen LogP contribution in [0, 0.1) is 5.41 Å². The van der Waals surface area contributed by atoms with Gasteiger partial charge in [0, 0.05) is 16.6 Å². The average molecular weight is 321 g/mol. The van der Waals surface area contributed by atoms with Crippen molar-refractivity contribution in [3.8, 4) is 5.75 Å². The molecule has 0 radical (unpaired) electrons. The Hall–Kier alpha value is -0.250. The molecule has 1 aromatic rings. The second-order valence-corrected chi connectivity index (χ2v) is 6.39. The minimum Gasteiger partial charge on any atom is -0.495 e. The number of hydrogen-bond donors (Lipinski definition) is 1. The molecule has 0 saturated heterocycles. The summed E-state index contributed by atoms with van der Waals surface area (Å²) in [6.45, 7) is 6.55. The zero-order valence-electron chi connectivity index (χ0n) is 10.9. The van der Waals surface area contributed by atoms with Crippen LogP contribution >= 0.6 is 27.5 Å². The van der Waals surface area contributed by atoms with E-state index in [0.717, 1.165) is 15.8 Å². The highest BCUT2D eigenvalue weighted by Crippen LogP contribution is 2.42. The van der Waals surface area contributed by atoms with Crippen molar-refractivity contribution in [1.82, 2.24) is 5.32 Å². The highest BCUT2D eigenvalue weighted by molar-refractivity contribution is 9.10. The zero-order valence-corrected chi connectivity index (χ0v) is 13.2. The first-order valence-corrected chi connectivity index (χ1v) is 6.68. The van der Waals surface area contributed by atoms with Gasteiger partial charge in [0.2, 0.25) is 0 Å². The molecule has 1 N–H and O–H groups in total. The van der Waals surface area contributed by atoms with Gasteiger partial charge in [-0.2, -0.15) is 0 Å². The van der Waals surface area contributed by atoms with Crippen molar-refractivity contribution >= 4 is 27.5 Å². The molecule has 0 bridgehead atoms. The number of rotatable bonds is 3. The first-order valence-electron chi connectivity index (χ1n) is 5.51. The van der Waals surface area contributed by atoms with Crippen LogP contribution in [0.15, 0.2) is 16.6 Å². The first-order chi connectivity index (χ1) is 7.81. The van der Waals surface area contributed by atoms with Gasteiger partial charge in [-0.25, -0.2) is 0 Å². The summed E-state index contributed by atoms with van der Waals surface area (Å²) in [5.74, 6) is 0.837. The van der Waals surface area contributed by atoms with Crippen LogP contribution in [0.25, 0.3) is 0 Å². The molecule has 4 heteroatoms. The fraction of sp³-hybridized carbons (Fsp3) is 0.538. The van der Waals surface area contributed by atoms with Crippen LogP contribution < -0.4 is 10.1 Å². The molecule has 1 atom stereocenters. The summed E-state index contributed by atoms with van der Waals surface area (Å²) in [4.78, 5) is 0. The van der Waals surface area contributed by atoms with Crippen molar-refractivity contribution in [3.63, 3.8) is 0 Å². The lowest BCUT2D eigenvalue weighted by Crippen LogP contribution is -2.30. The van der Waals surface area contributed by atoms with E-state index >= 15 is 0 Å². The molecule has 1 rings (SSSR count). The van der Waals surface area contributed by atoms with E-state index in [2.05, 4.69) is 42.0 Å². The fourth-order valence-electron chi connectivity index (χ4n) is 2.07. The van der Waals surface area contributed by atoms with E-state index in [0.29, 0.717) is 5.02 Å². The zero-order chi connectivity index (χ0) is 13.2. The second kappa shape index (κ2) is 5.59. The Morgan fingerprint density at radius 1 is 1.35 bits per heavy atom. The molecule has 0 fully saturated rings. The van der Waals surface area contributed by atoms with Gasteiger partial charge in [-0.05, 0) is 40.5 Å². The highest BCUT2D eigenvalue weighted by Gasteiger charge is 2.28. The minimum absolute atomic E-state index is 0.0755. The van der Waals surface area contributed by atoms with E-state index in [1.165, 1.54) is 0 Å². The van der Waals surface area contributed by atoms with Gasteiger partial charge in [0.15, 0.2) is 0 Å². The van der Waals surface area contributed by atoms with Gasteiger partial charge in [0.1, 0.15) is 5.75 Å². The fourth-order valence-corrected chi connectivity index (χ4v) is 3.06. The van der Waals surface area contributed by atoms with Gasteiger partial charge in [-0.3, -0.25) is 0 Å². The summed E-state index contributed by atoms with van der Waals surface area (Å²) < 4.78 is 6.35. The minimum atomic E-state index is 0.0755. The smallest absolute Gasteiger partial charge is 0.137 e. The number of halogens is 2. The summed E-state index contributed by atoms with van der Waals surface area (Å²) >= 11 is 9.60. The van der Waals surface area contributed by atoms with Gasteiger partial charge in [0.25, 0.3) is 0 Å². The summed E-state index contributed by atoms with van der Waals surface area (Å²) in [7, 11) is 3.62.